The molecule has 1 rings (SSSR count). The molecule has 0 spiro atoms. The second kappa shape index (κ2) is 7.11. The Morgan fingerprint density at radius 1 is 1.45 bits per heavy atom. The van der Waals surface area contributed by atoms with E-state index < -0.39 is 20.6 Å². The van der Waals surface area contributed by atoms with E-state index in [1.165, 1.54) is 19.2 Å². The Bertz CT molecular complexity index is 590. The van der Waals surface area contributed by atoms with E-state index in [-0.39, 0.29) is 18.0 Å². The van der Waals surface area contributed by atoms with Crippen molar-refractivity contribution in [3.63, 3.8) is 0 Å². The summed E-state index contributed by atoms with van der Waals surface area (Å²) in [6.45, 7) is 2.63. The zero-order chi connectivity index (χ0) is 15.3. The molecule has 112 valence electrons. The molecule has 0 saturated heterocycles. The van der Waals surface area contributed by atoms with Gasteiger partial charge in [0.25, 0.3) is 5.69 Å². The summed E-state index contributed by atoms with van der Waals surface area (Å²) in [5.41, 5.74) is -0.448. The molecule has 1 aromatic rings. The molecule has 0 fully saturated rings. The van der Waals surface area contributed by atoms with E-state index in [1.54, 1.807) is 6.92 Å². The molecule has 0 unspecified atom stereocenters. The number of halogens is 1. The van der Waals surface area contributed by atoms with Crippen LogP contribution >= 0.6 is 15.9 Å². The number of nitro groups is 1. The van der Waals surface area contributed by atoms with Crippen molar-refractivity contribution in [3.05, 3.63) is 32.8 Å². The van der Waals surface area contributed by atoms with Crippen molar-refractivity contribution in [2.24, 2.45) is 0 Å². The first-order valence-corrected chi connectivity index (χ1v) is 8.02. The first kappa shape index (κ1) is 17.0. The van der Waals surface area contributed by atoms with Gasteiger partial charge in [-0.3, -0.25) is 10.1 Å². The third-order valence-corrected chi connectivity index (χ3v) is 4.94. The van der Waals surface area contributed by atoms with E-state index >= 15 is 0 Å². The molecule has 0 aliphatic rings. The van der Waals surface area contributed by atoms with Crippen LogP contribution in [0.5, 0.6) is 0 Å². The monoisotopic (exact) mass is 366 g/mol. The van der Waals surface area contributed by atoms with Gasteiger partial charge >= 0.3 is 0 Å². The van der Waals surface area contributed by atoms with Gasteiger partial charge in [0.05, 0.1) is 11.5 Å². The van der Waals surface area contributed by atoms with Crippen LogP contribution in [0.1, 0.15) is 6.92 Å². The summed E-state index contributed by atoms with van der Waals surface area (Å²) in [4.78, 5) is 9.90. The average molecular weight is 367 g/mol. The van der Waals surface area contributed by atoms with Crippen molar-refractivity contribution < 1.29 is 18.1 Å². The Morgan fingerprint density at radius 3 is 2.65 bits per heavy atom. The van der Waals surface area contributed by atoms with Gasteiger partial charge in [-0.25, -0.2) is 8.42 Å². The molecular formula is C11H15BrN2O5S. The van der Waals surface area contributed by atoms with Crippen LogP contribution in [0.3, 0.4) is 0 Å². The van der Waals surface area contributed by atoms with Crippen molar-refractivity contribution in [2.45, 2.75) is 11.8 Å². The Morgan fingerprint density at radius 2 is 2.10 bits per heavy atom. The predicted octanol–water partition coefficient (Wildman–Crippen LogP) is 2.01. The van der Waals surface area contributed by atoms with Crippen molar-refractivity contribution in [2.75, 3.05) is 26.8 Å². The fourth-order valence-electron chi connectivity index (χ4n) is 1.47. The average Bonchev–Trinajstić information content (AvgIpc) is 2.38. The number of benzene rings is 1. The lowest BCUT2D eigenvalue weighted by Crippen LogP contribution is -2.30. The van der Waals surface area contributed by atoms with E-state index in [9.17, 15) is 18.5 Å². The van der Waals surface area contributed by atoms with E-state index in [0.29, 0.717) is 11.1 Å². The van der Waals surface area contributed by atoms with Crippen molar-refractivity contribution in [1.82, 2.24) is 4.31 Å². The molecule has 0 radical (unpaired) electrons. The van der Waals surface area contributed by atoms with Crippen LogP contribution in [0.15, 0.2) is 27.6 Å². The lowest BCUT2D eigenvalue weighted by atomic mass is 10.3. The van der Waals surface area contributed by atoms with Crippen LogP contribution in [0.2, 0.25) is 0 Å². The van der Waals surface area contributed by atoms with Crippen LogP contribution in [0.4, 0.5) is 5.69 Å². The fourth-order valence-corrected chi connectivity index (χ4v) is 3.32. The molecule has 0 amide bonds. The van der Waals surface area contributed by atoms with Gasteiger partial charge in [-0.15, -0.1) is 0 Å². The number of hydrogen-bond acceptors (Lipinski definition) is 5. The zero-order valence-corrected chi connectivity index (χ0v) is 13.5. The second-order valence-corrected chi connectivity index (χ2v) is 6.82. The summed E-state index contributed by atoms with van der Waals surface area (Å²) in [6, 6.07) is 3.81. The topological polar surface area (TPSA) is 89.8 Å². The molecule has 0 bridgehead atoms. The number of ether oxygens (including phenoxy) is 1. The first-order valence-electron chi connectivity index (χ1n) is 5.78. The maximum Gasteiger partial charge on any atom is 0.289 e. The minimum Gasteiger partial charge on any atom is -0.380 e. The predicted molar refractivity (Wildman–Crippen MR) is 77.1 cm³/mol. The highest BCUT2D eigenvalue weighted by atomic mass is 79.9. The summed E-state index contributed by atoms with van der Waals surface area (Å²) in [5.74, 6) is 0. The van der Waals surface area contributed by atoms with E-state index in [0.717, 1.165) is 10.4 Å². The molecule has 20 heavy (non-hydrogen) atoms. The zero-order valence-electron chi connectivity index (χ0n) is 11.1. The van der Waals surface area contributed by atoms with Gasteiger partial charge < -0.3 is 4.74 Å². The van der Waals surface area contributed by atoms with Crippen LogP contribution in [-0.2, 0) is 14.8 Å². The van der Waals surface area contributed by atoms with Gasteiger partial charge in [-0.05, 0) is 19.1 Å². The molecule has 1 aromatic carbocycles. The summed E-state index contributed by atoms with van der Waals surface area (Å²) in [6.07, 6.45) is 0. The number of rotatable bonds is 7. The minimum atomic E-state index is -3.94. The van der Waals surface area contributed by atoms with Gasteiger partial charge in [0.15, 0.2) is 4.90 Å². The quantitative estimate of drug-likeness (QED) is 0.418. The van der Waals surface area contributed by atoms with Crippen LogP contribution < -0.4 is 0 Å². The highest BCUT2D eigenvalue weighted by Crippen LogP contribution is 2.29. The number of nitrogens with zero attached hydrogens (tertiary/aromatic N) is 2. The van der Waals surface area contributed by atoms with Crippen LogP contribution in [-0.4, -0.2) is 44.5 Å². The number of hydrogen-bond donors (Lipinski definition) is 0. The van der Waals surface area contributed by atoms with Gasteiger partial charge in [-0.2, -0.15) is 4.31 Å². The maximum atomic E-state index is 12.3. The lowest BCUT2D eigenvalue weighted by molar-refractivity contribution is -0.387. The molecule has 0 N–H and O–H groups in total. The highest BCUT2D eigenvalue weighted by Gasteiger charge is 2.29. The molecule has 0 heterocycles. The van der Waals surface area contributed by atoms with E-state index in [4.69, 9.17) is 4.74 Å². The molecule has 0 aliphatic heterocycles. The third kappa shape index (κ3) is 3.98. The van der Waals surface area contributed by atoms with Crippen molar-refractivity contribution in [3.8, 4) is 0 Å². The van der Waals surface area contributed by atoms with Gasteiger partial charge in [0, 0.05) is 30.7 Å². The maximum absolute atomic E-state index is 12.3. The molecule has 0 atom stereocenters. The first-order chi connectivity index (χ1) is 9.30. The second-order valence-electron chi connectivity index (χ2n) is 3.89. The SMILES string of the molecule is CCOCCN(C)S(=O)(=O)c1cc(Br)ccc1[N+](=O)[O-]. The molecule has 0 saturated carbocycles. The Balaban J connectivity index is 3.14. The fraction of sp³-hybridized carbons (Fsp3) is 0.455. The third-order valence-electron chi connectivity index (χ3n) is 2.56. The van der Waals surface area contributed by atoms with Gasteiger partial charge in [0.1, 0.15) is 0 Å². The Labute approximate surface area is 125 Å². The summed E-state index contributed by atoms with van der Waals surface area (Å²) in [5, 5.41) is 10.9. The highest BCUT2D eigenvalue weighted by molar-refractivity contribution is 9.10. The van der Waals surface area contributed by atoms with E-state index in [1.807, 2.05) is 0 Å². The van der Waals surface area contributed by atoms with Crippen LogP contribution in [0.25, 0.3) is 0 Å². The van der Waals surface area contributed by atoms with Crippen LogP contribution in [0, 0.1) is 10.1 Å². The smallest absolute Gasteiger partial charge is 0.289 e. The Hall–Kier alpha value is -1.03. The molecule has 0 aromatic heterocycles. The number of sulfonamides is 1. The number of likely N-dealkylation sites (N-methyl/N-ethyl adjacent to an activating group) is 1. The summed E-state index contributed by atoms with van der Waals surface area (Å²) < 4.78 is 31.3. The molecule has 0 aliphatic carbocycles. The van der Waals surface area contributed by atoms with Crippen molar-refractivity contribution in [1.29, 1.82) is 0 Å². The van der Waals surface area contributed by atoms with Crippen molar-refractivity contribution >= 4 is 31.6 Å². The van der Waals surface area contributed by atoms with Gasteiger partial charge in [-0.1, -0.05) is 15.9 Å². The molecule has 9 heteroatoms. The lowest BCUT2D eigenvalue weighted by Gasteiger charge is -2.17. The minimum absolute atomic E-state index is 0.125. The summed E-state index contributed by atoms with van der Waals surface area (Å²) in [7, 11) is -2.58. The summed E-state index contributed by atoms with van der Waals surface area (Å²) >= 11 is 3.12. The Kier molecular flexibility index (Phi) is 6.06. The largest absolute Gasteiger partial charge is 0.380 e. The molecule has 7 nitrogen and oxygen atoms in total. The number of nitro benzene ring substituents is 1. The normalized spacial score (nSPS) is 11.8. The standard InChI is InChI=1S/C11H15BrN2O5S/c1-3-19-7-6-13(2)20(17,18)11-8-9(12)4-5-10(11)14(15)16/h4-5,8H,3,6-7H2,1-2H3. The van der Waals surface area contributed by atoms with Gasteiger partial charge in [0.2, 0.25) is 10.0 Å². The van der Waals surface area contributed by atoms with E-state index in [2.05, 4.69) is 15.9 Å². The molecular weight excluding hydrogens is 352 g/mol.